The molecule has 0 amide bonds. The maximum absolute atomic E-state index is 12.2. The predicted octanol–water partition coefficient (Wildman–Crippen LogP) is 0.679. The van der Waals surface area contributed by atoms with Gasteiger partial charge in [-0.25, -0.2) is 0 Å². The van der Waals surface area contributed by atoms with Crippen LogP contribution >= 0.6 is 12.4 Å². The second-order valence-corrected chi connectivity index (χ2v) is 6.01. The molecule has 1 aliphatic heterocycles. The molecular formula is C10H24ClN3O2S. The minimum absolute atomic E-state index is 0. The van der Waals surface area contributed by atoms with Crippen molar-refractivity contribution in [3.05, 3.63) is 0 Å². The van der Waals surface area contributed by atoms with Crippen molar-refractivity contribution in [2.45, 2.75) is 32.7 Å². The van der Waals surface area contributed by atoms with E-state index in [2.05, 4.69) is 5.32 Å². The first kappa shape index (κ1) is 17.1. The Bertz CT molecular complexity index is 307. The van der Waals surface area contributed by atoms with E-state index >= 15 is 0 Å². The number of halogens is 1. The van der Waals surface area contributed by atoms with Crippen LogP contribution in [0.1, 0.15) is 26.7 Å². The van der Waals surface area contributed by atoms with E-state index in [4.69, 9.17) is 0 Å². The van der Waals surface area contributed by atoms with Crippen LogP contribution in [0.5, 0.6) is 0 Å². The molecule has 0 radical (unpaired) electrons. The number of rotatable bonds is 5. The molecule has 104 valence electrons. The molecule has 5 nitrogen and oxygen atoms in total. The second-order valence-electron chi connectivity index (χ2n) is 4.08. The third kappa shape index (κ3) is 4.06. The van der Waals surface area contributed by atoms with Crippen LogP contribution in [-0.4, -0.2) is 56.3 Å². The van der Waals surface area contributed by atoms with Gasteiger partial charge in [0.25, 0.3) is 10.2 Å². The van der Waals surface area contributed by atoms with Gasteiger partial charge in [0.05, 0.1) is 0 Å². The summed E-state index contributed by atoms with van der Waals surface area (Å²) in [5.41, 5.74) is 0. The average Bonchev–Trinajstić information content (AvgIpc) is 2.30. The molecule has 1 fully saturated rings. The van der Waals surface area contributed by atoms with Crippen molar-refractivity contribution in [3.63, 3.8) is 0 Å². The minimum Gasteiger partial charge on any atom is -0.316 e. The first-order valence-corrected chi connectivity index (χ1v) is 7.38. The maximum Gasteiger partial charge on any atom is 0.282 e. The topological polar surface area (TPSA) is 52.7 Å². The molecule has 0 aromatic rings. The van der Waals surface area contributed by atoms with E-state index in [0.717, 1.165) is 12.8 Å². The Morgan fingerprint density at radius 1 is 1.35 bits per heavy atom. The Morgan fingerprint density at radius 3 is 2.41 bits per heavy atom. The first-order valence-electron chi connectivity index (χ1n) is 5.98. The lowest BCUT2D eigenvalue weighted by Gasteiger charge is -2.34. The summed E-state index contributed by atoms with van der Waals surface area (Å²) in [5.74, 6) is 0. The van der Waals surface area contributed by atoms with E-state index in [1.165, 1.54) is 4.31 Å². The third-order valence-corrected chi connectivity index (χ3v) is 5.30. The smallest absolute Gasteiger partial charge is 0.282 e. The molecule has 1 saturated heterocycles. The van der Waals surface area contributed by atoms with Crippen LogP contribution in [0.3, 0.4) is 0 Å². The van der Waals surface area contributed by atoms with Crippen molar-refractivity contribution in [2.75, 3.05) is 33.2 Å². The van der Waals surface area contributed by atoms with Crippen molar-refractivity contribution >= 4 is 22.6 Å². The highest BCUT2D eigenvalue weighted by Gasteiger charge is 2.31. The summed E-state index contributed by atoms with van der Waals surface area (Å²) in [6, 6.07) is 0.291. The molecule has 17 heavy (non-hydrogen) atoms. The Morgan fingerprint density at radius 2 is 1.94 bits per heavy atom. The fraction of sp³-hybridized carbons (Fsp3) is 1.00. The van der Waals surface area contributed by atoms with Crippen LogP contribution in [0.25, 0.3) is 0 Å². The van der Waals surface area contributed by atoms with E-state index in [-0.39, 0.29) is 12.4 Å². The third-order valence-electron chi connectivity index (χ3n) is 3.15. The Kier molecular flexibility index (Phi) is 7.58. The van der Waals surface area contributed by atoms with Gasteiger partial charge in [-0.15, -0.1) is 12.4 Å². The van der Waals surface area contributed by atoms with Gasteiger partial charge < -0.3 is 5.32 Å². The van der Waals surface area contributed by atoms with Gasteiger partial charge in [-0.3, -0.25) is 0 Å². The molecule has 1 N–H and O–H groups in total. The summed E-state index contributed by atoms with van der Waals surface area (Å²) in [7, 11) is -1.35. The van der Waals surface area contributed by atoms with E-state index in [1.54, 1.807) is 4.31 Å². The number of likely N-dealkylation sites (N-methyl/N-ethyl adjacent to an activating group) is 1. The molecule has 0 spiro atoms. The van der Waals surface area contributed by atoms with E-state index in [1.807, 2.05) is 20.9 Å². The molecule has 0 aromatic heterocycles. The lowest BCUT2D eigenvalue weighted by atomic mass is 10.1. The van der Waals surface area contributed by atoms with Crippen molar-refractivity contribution in [1.29, 1.82) is 0 Å². The molecule has 1 aliphatic rings. The van der Waals surface area contributed by atoms with Gasteiger partial charge in [-0.2, -0.15) is 17.0 Å². The van der Waals surface area contributed by atoms with Gasteiger partial charge in [0, 0.05) is 32.2 Å². The maximum atomic E-state index is 12.2. The summed E-state index contributed by atoms with van der Waals surface area (Å²) in [6.07, 6.45) is 1.99. The zero-order chi connectivity index (χ0) is 12.2. The monoisotopic (exact) mass is 285 g/mol. The number of piperidine rings is 1. The van der Waals surface area contributed by atoms with Crippen LogP contribution in [0.15, 0.2) is 0 Å². The number of nitrogens with one attached hydrogen (secondary N) is 1. The highest BCUT2D eigenvalue weighted by Crippen LogP contribution is 2.16. The zero-order valence-corrected chi connectivity index (χ0v) is 12.5. The van der Waals surface area contributed by atoms with Gasteiger partial charge in [0.1, 0.15) is 0 Å². The SMILES string of the molecule is CCN(CC)S(=O)(=O)N1CCCC(NC)C1.Cl. The zero-order valence-electron chi connectivity index (χ0n) is 10.8. The predicted molar refractivity (Wildman–Crippen MR) is 72.7 cm³/mol. The van der Waals surface area contributed by atoms with Gasteiger partial charge in [-0.1, -0.05) is 13.8 Å². The van der Waals surface area contributed by atoms with Gasteiger partial charge in [-0.05, 0) is 19.9 Å². The molecule has 0 saturated carbocycles. The van der Waals surface area contributed by atoms with Gasteiger partial charge in [0.2, 0.25) is 0 Å². The molecule has 1 rings (SSSR count). The van der Waals surface area contributed by atoms with Crippen LogP contribution < -0.4 is 5.32 Å². The molecule has 1 atom stereocenters. The lowest BCUT2D eigenvalue weighted by molar-refractivity contribution is 0.271. The van der Waals surface area contributed by atoms with Crippen LogP contribution in [0, 0.1) is 0 Å². The molecule has 1 heterocycles. The average molecular weight is 286 g/mol. The molecule has 7 heteroatoms. The number of hydrogen-bond acceptors (Lipinski definition) is 3. The Balaban J connectivity index is 0.00000256. The quantitative estimate of drug-likeness (QED) is 0.808. The van der Waals surface area contributed by atoms with Crippen molar-refractivity contribution < 1.29 is 8.42 Å². The molecular weight excluding hydrogens is 262 g/mol. The molecule has 0 aromatic carbocycles. The number of nitrogens with zero attached hydrogens (tertiary/aromatic N) is 2. The minimum atomic E-state index is -3.24. The first-order chi connectivity index (χ1) is 7.56. The van der Waals surface area contributed by atoms with Crippen molar-refractivity contribution in [2.24, 2.45) is 0 Å². The molecule has 1 unspecified atom stereocenters. The highest BCUT2D eigenvalue weighted by molar-refractivity contribution is 7.86. The van der Waals surface area contributed by atoms with Crippen LogP contribution in [0.2, 0.25) is 0 Å². The highest BCUT2D eigenvalue weighted by atomic mass is 35.5. The Hall–Kier alpha value is 0.120. The van der Waals surface area contributed by atoms with E-state index < -0.39 is 10.2 Å². The van der Waals surface area contributed by atoms with Gasteiger partial charge >= 0.3 is 0 Å². The summed E-state index contributed by atoms with van der Waals surface area (Å²) in [4.78, 5) is 0. The van der Waals surface area contributed by atoms with Crippen LogP contribution in [0.4, 0.5) is 0 Å². The normalized spacial score (nSPS) is 22.5. The molecule has 0 bridgehead atoms. The van der Waals surface area contributed by atoms with E-state index in [9.17, 15) is 8.42 Å². The van der Waals surface area contributed by atoms with Crippen LogP contribution in [-0.2, 0) is 10.2 Å². The summed E-state index contributed by atoms with van der Waals surface area (Å²) in [5, 5.41) is 3.16. The Labute approximate surface area is 111 Å². The summed E-state index contributed by atoms with van der Waals surface area (Å²) < 4.78 is 27.6. The van der Waals surface area contributed by atoms with Crippen molar-refractivity contribution in [1.82, 2.24) is 13.9 Å². The van der Waals surface area contributed by atoms with Crippen molar-refractivity contribution in [3.8, 4) is 0 Å². The fourth-order valence-corrected chi connectivity index (χ4v) is 3.81. The second kappa shape index (κ2) is 7.53. The molecule has 0 aliphatic carbocycles. The van der Waals surface area contributed by atoms with E-state index in [0.29, 0.717) is 32.2 Å². The summed E-state index contributed by atoms with van der Waals surface area (Å²) in [6.45, 7) is 6.08. The number of hydrogen-bond donors (Lipinski definition) is 1. The largest absolute Gasteiger partial charge is 0.316 e. The summed E-state index contributed by atoms with van der Waals surface area (Å²) >= 11 is 0. The fourth-order valence-electron chi connectivity index (χ4n) is 2.10. The standard InChI is InChI=1S/C10H23N3O2S.ClH/c1-4-12(5-2)16(14,15)13-8-6-7-10(9-13)11-3;/h10-11H,4-9H2,1-3H3;1H. The lowest BCUT2D eigenvalue weighted by Crippen LogP contribution is -2.51. The van der Waals surface area contributed by atoms with Gasteiger partial charge in [0.15, 0.2) is 0 Å².